The third-order valence-corrected chi connectivity index (χ3v) is 7.53. The predicted molar refractivity (Wildman–Crippen MR) is 118 cm³/mol. The van der Waals surface area contributed by atoms with Gasteiger partial charge in [0.1, 0.15) is 0 Å². The van der Waals surface area contributed by atoms with E-state index in [1.165, 1.54) is 21.4 Å². The molecule has 1 aliphatic rings. The van der Waals surface area contributed by atoms with Crippen LogP contribution in [0.25, 0.3) is 16.7 Å². The van der Waals surface area contributed by atoms with Crippen LogP contribution >= 0.6 is 0 Å². The zero-order valence-electron chi connectivity index (χ0n) is 16.9. The van der Waals surface area contributed by atoms with Crippen LogP contribution in [0.5, 0.6) is 0 Å². The number of carbonyl (C=O) groups is 1. The van der Waals surface area contributed by atoms with Crippen molar-refractivity contribution in [2.75, 3.05) is 13.1 Å². The number of hydrogen-bond donors (Lipinski definition) is 2. The van der Waals surface area contributed by atoms with Crippen molar-refractivity contribution in [3.8, 4) is 11.1 Å². The first-order valence-electron chi connectivity index (χ1n) is 9.77. The summed E-state index contributed by atoms with van der Waals surface area (Å²) in [7, 11) is -3.91. The molecule has 3 rings (SSSR count). The van der Waals surface area contributed by atoms with Crippen LogP contribution in [0.3, 0.4) is 0 Å². The molecule has 7 heteroatoms. The Morgan fingerprint density at radius 2 is 1.97 bits per heavy atom. The molecule has 1 amide bonds. The van der Waals surface area contributed by atoms with E-state index in [-0.39, 0.29) is 19.5 Å². The second-order valence-electron chi connectivity index (χ2n) is 7.27. The Kier molecular flexibility index (Phi) is 6.87. The summed E-state index contributed by atoms with van der Waals surface area (Å²) in [4.78, 5) is 11.8. The van der Waals surface area contributed by atoms with Gasteiger partial charge in [0.2, 0.25) is 10.0 Å². The largest absolute Gasteiger partial charge is 0.289 e. The quantitative estimate of drug-likeness (QED) is 0.403. The smallest absolute Gasteiger partial charge is 0.263 e. The maximum absolute atomic E-state index is 12.9. The summed E-state index contributed by atoms with van der Waals surface area (Å²) in [6.07, 6.45) is 3.73. The Morgan fingerprint density at radius 3 is 2.53 bits per heavy atom. The monoisotopic (exact) mass is 426 g/mol. The standard InChI is InChI=1S/C23H26N2O4S/c1-3-7-22(23(26)24-27)30(28,29)25-14-12-18(13-15-25)20-10-11-21(17(2)16-20)19-8-5-4-6-9-19/h3-6,8-12,16,22,27H,1,7,13-15H2,2H3,(H,24,26)/t22-/m0/s1. The van der Waals surface area contributed by atoms with E-state index < -0.39 is 21.2 Å². The molecule has 1 atom stereocenters. The molecule has 2 N–H and O–H groups in total. The minimum absolute atomic E-state index is 0.0675. The highest BCUT2D eigenvalue weighted by molar-refractivity contribution is 7.90. The summed E-state index contributed by atoms with van der Waals surface area (Å²) in [5.41, 5.74) is 7.08. The Hall–Kier alpha value is -2.74. The molecule has 0 saturated heterocycles. The lowest BCUT2D eigenvalue weighted by atomic mass is 9.94. The Balaban J connectivity index is 1.80. The molecule has 2 aromatic rings. The molecule has 1 aliphatic heterocycles. The Bertz CT molecular complexity index is 1060. The third kappa shape index (κ3) is 4.53. The van der Waals surface area contributed by atoms with Crippen molar-refractivity contribution < 1.29 is 18.4 Å². The van der Waals surface area contributed by atoms with Gasteiger partial charge in [-0.2, -0.15) is 4.31 Å². The van der Waals surface area contributed by atoms with Crippen molar-refractivity contribution in [1.29, 1.82) is 0 Å². The zero-order valence-corrected chi connectivity index (χ0v) is 17.7. The van der Waals surface area contributed by atoms with E-state index in [1.54, 1.807) is 0 Å². The second-order valence-corrected chi connectivity index (χ2v) is 9.38. The van der Waals surface area contributed by atoms with Crippen LogP contribution in [0.4, 0.5) is 0 Å². The fraction of sp³-hybridized carbons (Fsp3) is 0.261. The van der Waals surface area contributed by atoms with Gasteiger partial charge in [-0.05, 0) is 47.6 Å². The molecular formula is C23H26N2O4S. The zero-order chi connectivity index (χ0) is 21.7. The summed E-state index contributed by atoms with van der Waals surface area (Å²) in [5, 5.41) is 7.50. The number of sulfonamides is 1. The molecule has 0 aliphatic carbocycles. The number of carbonyl (C=O) groups excluding carboxylic acids is 1. The number of hydrogen-bond acceptors (Lipinski definition) is 4. The number of nitrogens with zero attached hydrogens (tertiary/aromatic N) is 1. The third-order valence-electron chi connectivity index (χ3n) is 5.36. The van der Waals surface area contributed by atoms with E-state index in [9.17, 15) is 13.2 Å². The molecule has 0 saturated carbocycles. The maximum Gasteiger partial charge on any atom is 0.263 e. The van der Waals surface area contributed by atoms with Crippen LogP contribution in [-0.4, -0.2) is 42.2 Å². The number of rotatable bonds is 7. The average Bonchev–Trinajstić information content (AvgIpc) is 2.77. The summed E-state index contributed by atoms with van der Waals surface area (Å²) < 4.78 is 27.0. The first-order valence-corrected chi connectivity index (χ1v) is 11.3. The molecule has 0 spiro atoms. The van der Waals surface area contributed by atoms with E-state index in [2.05, 4.69) is 43.8 Å². The van der Waals surface area contributed by atoms with Crippen LogP contribution < -0.4 is 5.48 Å². The average molecular weight is 427 g/mol. The van der Waals surface area contributed by atoms with E-state index >= 15 is 0 Å². The molecule has 0 radical (unpaired) electrons. The van der Waals surface area contributed by atoms with Crippen molar-refractivity contribution >= 4 is 21.5 Å². The summed E-state index contributed by atoms with van der Waals surface area (Å²) in [5.74, 6) is -0.947. The summed E-state index contributed by atoms with van der Waals surface area (Å²) in [6, 6.07) is 16.4. The second kappa shape index (κ2) is 9.38. The lowest BCUT2D eigenvalue weighted by Gasteiger charge is -2.29. The number of allylic oxidation sites excluding steroid dienone is 1. The van der Waals surface area contributed by atoms with Gasteiger partial charge in [-0.25, -0.2) is 13.9 Å². The first kappa shape index (κ1) is 22.0. The number of hydroxylamine groups is 1. The van der Waals surface area contributed by atoms with Crippen molar-refractivity contribution in [3.05, 3.63) is 78.4 Å². The first-order chi connectivity index (χ1) is 14.4. The molecule has 0 aromatic heterocycles. The summed E-state index contributed by atoms with van der Waals surface area (Å²) in [6.45, 7) is 6.04. The van der Waals surface area contributed by atoms with Crippen LogP contribution in [0, 0.1) is 6.92 Å². The van der Waals surface area contributed by atoms with E-state index in [0.717, 1.165) is 22.3 Å². The van der Waals surface area contributed by atoms with Gasteiger partial charge in [-0.1, -0.05) is 60.7 Å². The van der Waals surface area contributed by atoms with Gasteiger partial charge in [0.25, 0.3) is 5.91 Å². The van der Waals surface area contributed by atoms with E-state index in [0.29, 0.717) is 6.42 Å². The van der Waals surface area contributed by atoms with Crippen LogP contribution in [0.1, 0.15) is 24.0 Å². The van der Waals surface area contributed by atoms with Gasteiger partial charge in [-0.3, -0.25) is 10.0 Å². The summed E-state index contributed by atoms with van der Waals surface area (Å²) >= 11 is 0. The lowest BCUT2D eigenvalue weighted by Crippen LogP contribution is -2.47. The highest BCUT2D eigenvalue weighted by Gasteiger charge is 2.37. The Morgan fingerprint density at radius 1 is 1.23 bits per heavy atom. The van der Waals surface area contributed by atoms with Gasteiger partial charge in [-0.15, -0.1) is 6.58 Å². The van der Waals surface area contributed by atoms with E-state index in [4.69, 9.17) is 5.21 Å². The molecule has 1 heterocycles. The molecule has 30 heavy (non-hydrogen) atoms. The maximum atomic E-state index is 12.9. The fourth-order valence-electron chi connectivity index (χ4n) is 3.72. The van der Waals surface area contributed by atoms with Gasteiger partial charge in [0.15, 0.2) is 5.25 Å². The van der Waals surface area contributed by atoms with Gasteiger partial charge in [0, 0.05) is 13.1 Å². The minimum atomic E-state index is -3.91. The highest BCUT2D eigenvalue weighted by atomic mass is 32.2. The van der Waals surface area contributed by atoms with Crippen molar-refractivity contribution in [2.45, 2.75) is 25.0 Å². The van der Waals surface area contributed by atoms with Gasteiger partial charge >= 0.3 is 0 Å². The lowest BCUT2D eigenvalue weighted by molar-refractivity contribution is -0.128. The Labute approximate surface area is 177 Å². The molecule has 6 nitrogen and oxygen atoms in total. The van der Waals surface area contributed by atoms with Crippen LogP contribution in [0.15, 0.2) is 67.3 Å². The van der Waals surface area contributed by atoms with Crippen molar-refractivity contribution in [1.82, 2.24) is 9.79 Å². The molecule has 2 aromatic carbocycles. The highest BCUT2D eigenvalue weighted by Crippen LogP contribution is 2.30. The predicted octanol–water partition coefficient (Wildman–Crippen LogP) is 3.53. The fourth-order valence-corrected chi connectivity index (χ4v) is 5.41. The molecule has 0 unspecified atom stereocenters. The number of amides is 1. The van der Waals surface area contributed by atoms with E-state index in [1.807, 2.05) is 24.3 Å². The number of aryl methyl sites for hydroxylation is 1. The van der Waals surface area contributed by atoms with Crippen LogP contribution in [-0.2, 0) is 14.8 Å². The van der Waals surface area contributed by atoms with Crippen LogP contribution in [0.2, 0.25) is 0 Å². The minimum Gasteiger partial charge on any atom is -0.289 e. The van der Waals surface area contributed by atoms with Gasteiger partial charge in [0.05, 0.1) is 0 Å². The molecule has 0 bridgehead atoms. The SMILES string of the molecule is C=CC[C@@H](C(=O)NO)S(=O)(=O)N1CC=C(c2ccc(-c3ccccc3)c(C)c2)CC1. The van der Waals surface area contributed by atoms with Gasteiger partial charge < -0.3 is 0 Å². The molecule has 158 valence electrons. The number of nitrogens with one attached hydrogen (secondary N) is 1. The molecular weight excluding hydrogens is 400 g/mol. The van der Waals surface area contributed by atoms with Crippen molar-refractivity contribution in [3.63, 3.8) is 0 Å². The topological polar surface area (TPSA) is 86.7 Å². The molecule has 0 fully saturated rings. The van der Waals surface area contributed by atoms with Crippen molar-refractivity contribution in [2.24, 2.45) is 0 Å². The normalized spacial score (nSPS) is 15.9. The number of benzene rings is 2.